The SMILES string of the molecule is CC1C(c2cc3c(Nc4ccc5scnc5c4F)ccnc3s2)=CCN1CCOC1CCCCO1. The lowest BCUT2D eigenvalue weighted by molar-refractivity contribution is -0.164. The van der Waals surface area contributed by atoms with Crippen LogP contribution < -0.4 is 5.32 Å². The minimum absolute atomic E-state index is 0.0465. The highest BCUT2D eigenvalue weighted by molar-refractivity contribution is 7.19. The van der Waals surface area contributed by atoms with Gasteiger partial charge in [0.1, 0.15) is 10.3 Å². The van der Waals surface area contributed by atoms with Crippen LogP contribution in [0.1, 0.15) is 31.1 Å². The molecule has 0 radical (unpaired) electrons. The molecule has 1 N–H and O–H groups in total. The number of hydrogen-bond acceptors (Lipinski definition) is 8. The first-order chi connectivity index (χ1) is 17.2. The van der Waals surface area contributed by atoms with Crippen LogP contribution in [0.3, 0.4) is 0 Å². The molecular weight excluding hydrogens is 483 g/mol. The van der Waals surface area contributed by atoms with E-state index in [1.54, 1.807) is 29.1 Å². The largest absolute Gasteiger partial charge is 0.353 e. The van der Waals surface area contributed by atoms with Crippen LogP contribution in [0, 0.1) is 5.82 Å². The Hall–Kier alpha value is -2.43. The fourth-order valence-corrected chi connectivity index (χ4v) is 6.63. The summed E-state index contributed by atoms with van der Waals surface area (Å²) in [5.74, 6) is -0.326. The predicted octanol–water partition coefficient (Wildman–Crippen LogP) is 6.42. The van der Waals surface area contributed by atoms with Crippen molar-refractivity contribution in [3.05, 3.63) is 52.7 Å². The summed E-state index contributed by atoms with van der Waals surface area (Å²) in [6.45, 7) is 5.49. The molecule has 9 heteroatoms. The fourth-order valence-electron chi connectivity index (χ4n) is 4.81. The van der Waals surface area contributed by atoms with Gasteiger partial charge in [-0.05, 0) is 56.0 Å². The zero-order valence-corrected chi connectivity index (χ0v) is 21.1. The third-order valence-corrected chi connectivity index (χ3v) is 8.68. The maximum atomic E-state index is 15.0. The van der Waals surface area contributed by atoms with Crippen LogP contribution in [0.4, 0.5) is 15.8 Å². The van der Waals surface area contributed by atoms with E-state index in [0.717, 1.165) is 53.1 Å². The Labute approximate surface area is 211 Å². The van der Waals surface area contributed by atoms with Crippen LogP contribution in [0.25, 0.3) is 26.0 Å². The molecule has 2 aliphatic heterocycles. The zero-order chi connectivity index (χ0) is 23.8. The number of benzene rings is 1. The van der Waals surface area contributed by atoms with Crippen molar-refractivity contribution >= 4 is 60.1 Å². The van der Waals surface area contributed by atoms with E-state index in [9.17, 15) is 4.39 Å². The normalized spacial score (nSPS) is 21.1. The lowest BCUT2D eigenvalue weighted by Crippen LogP contribution is -2.34. The summed E-state index contributed by atoms with van der Waals surface area (Å²) in [5, 5.41) is 4.27. The van der Waals surface area contributed by atoms with E-state index in [1.807, 2.05) is 12.1 Å². The molecule has 0 aliphatic carbocycles. The number of fused-ring (bicyclic) bond motifs is 2. The molecule has 0 spiro atoms. The van der Waals surface area contributed by atoms with Gasteiger partial charge in [-0.15, -0.1) is 22.7 Å². The van der Waals surface area contributed by atoms with Gasteiger partial charge in [0.25, 0.3) is 0 Å². The monoisotopic (exact) mass is 510 g/mol. The van der Waals surface area contributed by atoms with Gasteiger partial charge in [0, 0.05) is 42.2 Å². The molecule has 182 valence electrons. The second kappa shape index (κ2) is 9.91. The lowest BCUT2D eigenvalue weighted by atomic mass is 10.1. The van der Waals surface area contributed by atoms with E-state index in [2.05, 4.69) is 39.3 Å². The molecule has 6 rings (SSSR count). The summed E-state index contributed by atoms with van der Waals surface area (Å²) in [7, 11) is 0. The van der Waals surface area contributed by atoms with Gasteiger partial charge in [0.2, 0.25) is 0 Å². The van der Waals surface area contributed by atoms with Crippen LogP contribution in [0.2, 0.25) is 0 Å². The molecule has 0 saturated carbocycles. The van der Waals surface area contributed by atoms with Gasteiger partial charge < -0.3 is 14.8 Å². The second-order valence-corrected chi connectivity index (χ2v) is 10.9. The Kier molecular flexibility index (Phi) is 6.51. The number of pyridine rings is 1. The molecule has 1 aromatic carbocycles. The highest BCUT2D eigenvalue weighted by Gasteiger charge is 2.26. The van der Waals surface area contributed by atoms with Gasteiger partial charge in [-0.3, -0.25) is 4.90 Å². The van der Waals surface area contributed by atoms with Crippen molar-refractivity contribution in [1.82, 2.24) is 14.9 Å². The maximum absolute atomic E-state index is 15.0. The van der Waals surface area contributed by atoms with Gasteiger partial charge in [0.05, 0.1) is 28.2 Å². The smallest absolute Gasteiger partial charge is 0.173 e. The summed E-state index contributed by atoms with van der Waals surface area (Å²) < 4.78 is 27.5. The van der Waals surface area contributed by atoms with Crippen LogP contribution in [0.15, 0.2) is 42.0 Å². The highest BCUT2D eigenvalue weighted by atomic mass is 32.1. The molecule has 5 heterocycles. The van der Waals surface area contributed by atoms with Gasteiger partial charge in [0.15, 0.2) is 12.1 Å². The molecule has 35 heavy (non-hydrogen) atoms. The number of ether oxygens (including phenoxy) is 2. The number of nitrogens with zero attached hydrogens (tertiary/aromatic N) is 3. The molecule has 6 nitrogen and oxygen atoms in total. The second-order valence-electron chi connectivity index (χ2n) is 8.94. The first-order valence-corrected chi connectivity index (χ1v) is 13.7. The Bertz CT molecular complexity index is 1380. The Morgan fingerprint density at radius 3 is 3.06 bits per heavy atom. The van der Waals surface area contributed by atoms with E-state index in [4.69, 9.17) is 9.47 Å². The number of nitrogens with one attached hydrogen (secondary N) is 1. The first-order valence-electron chi connectivity index (χ1n) is 12.0. The van der Waals surface area contributed by atoms with Crippen LogP contribution in [0.5, 0.6) is 0 Å². The molecule has 1 fully saturated rings. The maximum Gasteiger partial charge on any atom is 0.173 e. The van der Waals surface area contributed by atoms with Crippen molar-refractivity contribution in [3.63, 3.8) is 0 Å². The number of thiophene rings is 1. The van der Waals surface area contributed by atoms with Crippen LogP contribution in [-0.4, -0.2) is 53.5 Å². The Morgan fingerprint density at radius 1 is 1.23 bits per heavy atom. The Balaban J connectivity index is 1.17. The predicted molar refractivity (Wildman–Crippen MR) is 141 cm³/mol. The molecule has 0 bridgehead atoms. The lowest BCUT2D eigenvalue weighted by Gasteiger charge is -2.26. The molecule has 1 saturated heterocycles. The number of anilines is 2. The number of rotatable bonds is 7. The minimum atomic E-state index is -0.326. The minimum Gasteiger partial charge on any atom is -0.353 e. The third kappa shape index (κ3) is 4.59. The van der Waals surface area contributed by atoms with Crippen molar-refractivity contribution < 1.29 is 13.9 Å². The number of hydrogen-bond donors (Lipinski definition) is 1. The van der Waals surface area contributed by atoms with Crippen molar-refractivity contribution in [2.45, 2.75) is 38.5 Å². The summed E-state index contributed by atoms with van der Waals surface area (Å²) in [5.41, 5.74) is 4.65. The van der Waals surface area contributed by atoms with Crippen molar-refractivity contribution in [2.24, 2.45) is 0 Å². The van der Waals surface area contributed by atoms with E-state index in [1.165, 1.54) is 28.2 Å². The van der Waals surface area contributed by atoms with Gasteiger partial charge in [-0.1, -0.05) is 6.08 Å². The van der Waals surface area contributed by atoms with Crippen LogP contribution >= 0.6 is 22.7 Å². The molecular formula is C26H27FN4O2S2. The summed E-state index contributed by atoms with van der Waals surface area (Å²) in [6, 6.07) is 8.04. The topological polar surface area (TPSA) is 59.5 Å². The summed E-state index contributed by atoms with van der Waals surface area (Å²) in [6.07, 6.45) is 7.33. The third-order valence-electron chi connectivity index (χ3n) is 6.79. The van der Waals surface area contributed by atoms with E-state index in [-0.39, 0.29) is 12.1 Å². The van der Waals surface area contributed by atoms with Crippen molar-refractivity contribution in [2.75, 3.05) is 31.6 Å². The molecule has 0 amide bonds. The van der Waals surface area contributed by atoms with Crippen LogP contribution in [-0.2, 0) is 9.47 Å². The van der Waals surface area contributed by atoms with Gasteiger partial charge in [-0.25, -0.2) is 14.4 Å². The average Bonchev–Trinajstić information content (AvgIpc) is 3.61. The average molecular weight is 511 g/mol. The quantitative estimate of drug-likeness (QED) is 0.310. The van der Waals surface area contributed by atoms with E-state index < -0.39 is 0 Å². The summed E-state index contributed by atoms with van der Waals surface area (Å²) in [4.78, 5) is 13.3. The standard InChI is InChI=1S/C26H27FN4O2S2/c1-16-17(8-10-31(16)11-13-33-23-4-2-3-12-32-23)22-14-18-19(7-9-28-26(18)35-22)30-20-5-6-21-25(24(20)27)29-15-34-21/h5-9,14-16,23H,2-4,10-13H2,1H3,(H,28,30). The highest BCUT2D eigenvalue weighted by Crippen LogP contribution is 2.39. The van der Waals surface area contributed by atoms with Crippen molar-refractivity contribution in [1.29, 1.82) is 0 Å². The number of thiazole rings is 1. The molecule has 2 atom stereocenters. The molecule has 4 aromatic rings. The van der Waals surface area contributed by atoms with Crippen molar-refractivity contribution in [3.8, 4) is 0 Å². The van der Waals surface area contributed by atoms with Gasteiger partial charge >= 0.3 is 0 Å². The first kappa shape index (κ1) is 23.0. The van der Waals surface area contributed by atoms with E-state index in [0.29, 0.717) is 23.9 Å². The molecule has 2 aliphatic rings. The zero-order valence-electron chi connectivity index (χ0n) is 19.5. The number of halogens is 1. The van der Waals surface area contributed by atoms with E-state index >= 15 is 0 Å². The Morgan fingerprint density at radius 2 is 2.17 bits per heavy atom. The molecule has 2 unspecified atom stereocenters. The number of aromatic nitrogens is 2. The van der Waals surface area contributed by atoms with Gasteiger partial charge in [-0.2, -0.15) is 0 Å². The summed E-state index contributed by atoms with van der Waals surface area (Å²) >= 11 is 3.12. The molecule has 3 aromatic heterocycles. The fraction of sp³-hybridized carbons (Fsp3) is 0.385.